The molecule has 0 saturated carbocycles. The fourth-order valence-corrected chi connectivity index (χ4v) is 9.56. The molecule has 0 aliphatic heterocycles. The molecule has 0 amide bonds. The molecule has 176 valence electrons. The Bertz CT molecular complexity index is 1000. The number of rotatable bonds is 6. The summed E-state index contributed by atoms with van der Waals surface area (Å²) in [6.07, 6.45) is 8.88. The summed E-state index contributed by atoms with van der Waals surface area (Å²) in [5.41, 5.74) is 8.65. The molecule has 0 heterocycles. The maximum Gasteiger partial charge on any atom is 0.361 e. The second-order valence-electron chi connectivity index (χ2n) is 11.4. The Balaban J connectivity index is 2.03. The molecule has 0 aromatic heterocycles. The summed E-state index contributed by atoms with van der Waals surface area (Å²) in [6, 6.07) is 14.2. The molecular weight excluding hydrogens is 420 g/mol. The van der Waals surface area contributed by atoms with E-state index in [9.17, 15) is 0 Å². The van der Waals surface area contributed by atoms with Crippen molar-refractivity contribution < 1.29 is 8.85 Å². The third kappa shape index (κ3) is 4.20. The Hall–Kier alpha value is -1.94. The Morgan fingerprint density at radius 3 is 1.48 bits per heavy atom. The van der Waals surface area contributed by atoms with E-state index < -0.39 is 8.56 Å². The molecule has 2 aliphatic rings. The number of benzene rings is 2. The summed E-state index contributed by atoms with van der Waals surface area (Å²) in [5, 5.41) is 0. The van der Waals surface area contributed by atoms with Gasteiger partial charge in [0.15, 0.2) is 0 Å². The number of fused-ring (bicyclic) bond motifs is 3. The Morgan fingerprint density at radius 1 is 0.697 bits per heavy atom. The first-order valence-corrected chi connectivity index (χ1v) is 14.4. The molecule has 33 heavy (non-hydrogen) atoms. The summed E-state index contributed by atoms with van der Waals surface area (Å²) in [6.45, 7) is 19.3. The number of hydrogen-bond donors (Lipinski definition) is 0. The zero-order valence-corrected chi connectivity index (χ0v) is 22.7. The van der Waals surface area contributed by atoms with Crippen molar-refractivity contribution in [1.29, 1.82) is 0 Å². The van der Waals surface area contributed by atoms with Crippen LogP contribution < -0.4 is 0 Å². The lowest BCUT2D eigenvalue weighted by Crippen LogP contribution is -2.51. The molecule has 2 nitrogen and oxygen atoms in total. The van der Waals surface area contributed by atoms with Gasteiger partial charge in [0, 0.05) is 18.8 Å². The first-order valence-electron chi connectivity index (χ1n) is 12.4. The summed E-state index contributed by atoms with van der Waals surface area (Å²) in [7, 11) is -2.77. The second-order valence-corrected chi connectivity index (χ2v) is 14.7. The van der Waals surface area contributed by atoms with Crippen LogP contribution >= 0.6 is 0 Å². The van der Waals surface area contributed by atoms with Crippen molar-refractivity contribution in [2.24, 2.45) is 0 Å². The van der Waals surface area contributed by atoms with Crippen LogP contribution in [0.15, 0.2) is 60.7 Å². The molecular formula is C30H40O2Si. The van der Waals surface area contributed by atoms with Crippen LogP contribution in [-0.2, 0) is 19.7 Å². The fraction of sp³-hybridized carbons (Fsp3) is 0.467. The van der Waals surface area contributed by atoms with Crippen molar-refractivity contribution in [3.8, 4) is 11.1 Å². The van der Waals surface area contributed by atoms with E-state index in [1.807, 2.05) is 0 Å². The van der Waals surface area contributed by atoms with Gasteiger partial charge in [-0.25, -0.2) is 0 Å². The van der Waals surface area contributed by atoms with Gasteiger partial charge < -0.3 is 8.85 Å². The molecule has 0 spiro atoms. The lowest BCUT2D eigenvalue weighted by molar-refractivity contribution is 0.174. The molecule has 0 N–H and O–H groups in total. The largest absolute Gasteiger partial charge is 0.393 e. The third-order valence-corrected chi connectivity index (χ3v) is 11.3. The normalized spacial score (nSPS) is 16.5. The standard InChI is InChI=1S/C30H40O2Si/c1-9-31-33(32-10-2,23-13-11-12-14-23)28-26-19-21(29(3,4)5)15-17-24(26)25-18-16-22(20-27(25)28)30(6,7)8/h11-20,23,28H,9-10H2,1-8H3. The predicted octanol–water partition coefficient (Wildman–Crippen LogP) is 7.94. The minimum absolute atomic E-state index is 0.0829. The highest BCUT2D eigenvalue weighted by molar-refractivity contribution is 6.73. The van der Waals surface area contributed by atoms with E-state index in [-0.39, 0.29) is 21.9 Å². The van der Waals surface area contributed by atoms with Crippen molar-refractivity contribution in [1.82, 2.24) is 0 Å². The molecule has 2 aliphatic carbocycles. The van der Waals surface area contributed by atoms with Gasteiger partial charge in [-0.3, -0.25) is 0 Å². The molecule has 0 bridgehead atoms. The molecule has 2 aromatic rings. The zero-order chi connectivity index (χ0) is 24.0. The van der Waals surface area contributed by atoms with E-state index in [2.05, 4.69) is 116 Å². The summed E-state index contributed by atoms with van der Waals surface area (Å²) >= 11 is 0. The van der Waals surface area contributed by atoms with Crippen LogP contribution in [0.1, 0.15) is 83.2 Å². The average molecular weight is 461 g/mol. The highest BCUT2D eigenvalue weighted by atomic mass is 28.4. The Kier molecular flexibility index (Phi) is 6.37. The van der Waals surface area contributed by atoms with Crippen molar-refractivity contribution in [3.05, 3.63) is 83.0 Å². The molecule has 0 saturated heterocycles. The summed E-state index contributed by atoms with van der Waals surface area (Å²) in [5.74, 6) is 0. The Labute approximate surface area is 202 Å². The minimum Gasteiger partial charge on any atom is -0.393 e. The summed E-state index contributed by atoms with van der Waals surface area (Å²) < 4.78 is 13.6. The van der Waals surface area contributed by atoms with Gasteiger partial charge in [0.05, 0.1) is 5.54 Å². The van der Waals surface area contributed by atoms with Crippen LogP contribution in [0.4, 0.5) is 0 Å². The van der Waals surface area contributed by atoms with E-state index in [4.69, 9.17) is 8.85 Å². The van der Waals surface area contributed by atoms with E-state index in [0.29, 0.717) is 13.2 Å². The Morgan fingerprint density at radius 2 is 1.12 bits per heavy atom. The second kappa shape index (κ2) is 8.68. The van der Waals surface area contributed by atoms with Crippen LogP contribution in [0.25, 0.3) is 11.1 Å². The molecule has 0 radical (unpaired) electrons. The SMILES string of the molecule is CCO[Si](OCC)(C1C=CC=C1)C1c2cc(C(C)(C)C)ccc2-c2ccc(C(C)(C)C)cc21. The summed E-state index contributed by atoms with van der Waals surface area (Å²) in [4.78, 5) is 0. The van der Waals surface area contributed by atoms with E-state index in [1.165, 1.54) is 33.4 Å². The highest BCUT2D eigenvalue weighted by Crippen LogP contribution is 2.54. The first-order chi connectivity index (χ1) is 15.5. The van der Waals surface area contributed by atoms with Crippen molar-refractivity contribution in [2.75, 3.05) is 13.2 Å². The van der Waals surface area contributed by atoms with Crippen molar-refractivity contribution in [3.63, 3.8) is 0 Å². The van der Waals surface area contributed by atoms with Crippen molar-refractivity contribution in [2.45, 2.75) is 77.3 Å². The average Bonchev–Trinajstić information content (AvgIpc) is 3.38. The maximum atomic E-state index is 6.82. The molecule has 0 fully saturated rings. The van der Waals surface area contributed by atoms with Gasteiger partial charge in [0.25, 0.3) is 0 Å². The molecule has 4 rings (SSSR count). The maximum absolute atomic E-state index is 6.82. The lowest BCUT2D eigenvalue weighted by Gasteiger charge is -2.39. The van der Waals surface area contributed by atoms with Gasteiger partial charge in [-0.15, -0.1) is 0 Å². The topological polar surface area (TPSA) is 18.5 Å². The van der Waals surface area contributed by atoms with Crippen LogP contribution in [-0.4, -0.2) is 21.8 Å². The van der Waals surface area contributed by atoms with Gasteiger partial charge in [-0.1, -0.05) is 102 Å². The molecule has 0 atom stereocenters. The minimum atomic E-state index is -2.77. The van der Waals surface area contributed by atoms with E-state index >= 15 is 0 Å². The third-order valence-electron chi connectivity index (χ3n) is 7.10. The highest BCUT2D eigenvalue weighted by Gasteiger charge is 2.55. The van der Waals surface area contributed by atoms with Gasteiger partial charge in [-0.2, -0.15) is 0 Å². The molecule has 2 aromatic carbocycles. The lowest BCUT2D eigenvalue weighted by atomic mass is 9.85. The zero-order valence-electron chi connectivity index (χ0n) is 21.7. The van der Waals surface area contributed by atoms with Crippen LogP contribution in [0.5, 0.6) is 0 Å². The van der Waals surface area contributed by atoms with E-state index in [0.717, 1.165) is 0 Å². The van der Waals surface area contributed by atoms with E-state index in [1.54, 1.807) is 0 Å². The van der Waals surface area contributed by atoms with Gasteiger partial charge in [0.2, 0.25) is 0 Å². The molecule has 3 heteroatoms. The monoisotopic (exact) mass is 460 g/mol. The molecule has 0 unspecified atom stereocenters. The van der Waals surface area contributed by atoms with Gasteiger partial charge in [-0.05, 0) is 58.1 Å². The number of hydrogen-bond acceptors (Lipinski definition) is 2. The first kappa shape index (κ1) is 24.2. The van der Waals surface area contributed by atoms with Gasteiger partial charge >= 0.3 is 8.56 Å². The van der Waals surface area contributed by atoms with Crippen LogP contribution in [0, 0.1) is 0 Å². The van der Waals surface area contributed by atoms with Crippen molar-refractivity contribution >= 4 is 8.56 Å². The predicted molar refractivity (Wildman–Crippen MR) is 142 cm³/mol. The van der Waals surface area contributed by atoms with Gasteiger partial charge in [0.1, 0.15) is 0 Å². The smallest absolute Gasteiger partial charge is 0.361 e. The quantitative estimate of drug-likeness (QED) is 0.407. The fourth-order valence-electron chi connectivity index (χ4n) is 5.37. The van der Waals surface area contributed by atoms with Crippen LogP contribution in [0.2, 0.25) is 5.54 Å². The number of allylic oxidation sites excluding steroid dienone is 4. The van der Waals surface area contributed by atoms with Crippen LogP contribution in [0.3, 0.4) is 0 Å².